The molecule has 0 amide bonds. The first-order valence-electron chi connectivity index (χ1n) is 5.84. The van der Waals surface area contributed by atoms with E-state index >= 15 is 0 Å². The Labute approximate surface area is 123 Å². The van der Waals surface area contributed by atoms with Gasteiger partial charge in [0.15, 0.2) is 5.82 Å². The van der Waals surface area contributed by atoms with Crippen LogP contribution in [0.1, 0.15) is 4.88 Å². The summed E-state index contributed by atoms with van der Waals surface area (Å²) in [6.45, 7) is 0.611. The van der Waals surface area contributed by atoms with E-state index in [0.29, 0.717) is 17.9 Å². The van der Waals surface area contributed by atoms with E-state index in [1.165, 1.54) is 23.4 Å². The van der Waals surface area contributed by atoms with Crippen molar-refractivity contribution < 1.29 is 4.39 Å². The predicted octanol–water partition coefficient (Wildman–Crippen LogP) is 3.73. The highest BCUT2D eigenvalue weighted by atomic mass is 35.5. The van der Waals surface area contributed by atoms with E-state index in [1.807, 2.05) is 11.4 Å². The van der Waals surface area contributed by atoms with Crippen LogP contribution in [0.15, 0.2) is 42.3 Å². The van der Waals surface area contributed by atoms with E-state index in [0.717, 1.165) is 9.90 Å². The van der Waals surface area contributed by atoms with E-state index in [-0.39, 0.29) is 5.82 Å². The smallest absolute Gasteiger partial charge is 0.150 e. The number of thiophene rings is 1. The van der Waals surface area contributed by atoms with Crippen LogP contribution in [0, 0.1) is 5.82 Å². The molecule has 3 aromatic rings. The molecule has 102 valence electrons. The Balaban J connectivity index is 1.74. The van der Waals surface area contributed by atoms with Crippen LogP contribution in [-0.2, 0) is 6.54 Å². The Hall–Kier alpha value is -1.92. The van der Waals surface area contributed by atoms with Crippen LogP contribution in [0.5, 0.6) is 0 Å². The molecule has 2 aromatic heterocycles. The lowest BCUT2D eigenvalue weighted by atomic mass is 10.2. The quantitative estimate of drug-likeness (QED) is 0.798. The molecule has 0 unspecified atom stereocenters. The number of halogens is 2. The molecule has 0 spiro atoms. The van der Waals surface area contributed by atoms with Gasteiger partial charge < -0.3 is 5.32 Å². The largest absolute Gasteiger partial charge is 0.380 e. The fourth-order valence-corrected chi connectivity index (χ4v) is 2.78. The summed E-state index contributed by atoms with van der Waals surface area (Å²) in [6.07, 6.45) is 2.82. The second-order valence-corrected chi connectivity index (χ2v) is 5.52. The molecule has 0 saturated heterocycles. The molecule has 7 heteroatoms. The van der Waals surface area contributed by atoms with E-state index < -0.39 is 0 Å². The van der Waals surface area contributed by atoms with Gasteiger partial charge in [0.25, 0.3) is 0 Å². The highest BCUT2D eigenvalue weighted by Crippen LogP contribution is 2.22. The van der Waals surface area contributed by atoms with Gasteiger partial charge in [-0.25, -0.2) is 14.1 Å². The van der Waals surface area contributed by atoms with Crippen LogP contribution >= 0.6 is 22.9 Å². The molecule has 1 aromatic carbocycles. The Morgan fingerprint density at radius 1 is 1.35 bits per heavy atom. The molecule has 4 nitrogen and oxygen atoms in total. The molecular weight excluding hydrogens is 299 g/mol. The van der Waals surface area contributed by atoms with E-state index in [9.17, 15) is 4.39 Å². The van der Waals surface area contributed by atoms with E-state index in [2.05, 4.69) is 15.4 Å². The van der Waals surface area contributed by atoms with Crippen LogP contribution in [0.3, 0.4) is 0 Å². The van der Waals surface area contributed by atoms with Gasteiger partial charge in [0.2, 0.25) is 0 Å². The Bertz CT molecular complexity index is 711. The van der Waals surface area contributed by atoms with Gasteiger partial charge in [-0.2, -0.15) is 5.10 Å². The molecule has 3 rings (SSSR count). The summed E-state index contributed by atoms with van der Waals surface area (Å²) in [4.78, 5) is 4.89. The Morgan fingerprint density at radius 3 is 2.90 bits per heavy atom. The number of anilines is 1. The molecule has 0 aliphatic rings. The zero-order valence-electron chi connectivity index (χ0n) is 10.3. The zero-order chi connectivity index (χ0) is 13.9. The summed E-state index contributed by atoms with van der Waals surface area (Å²) in [7, 11) is 0. The molecule has 0 aliphatic carbocycles. The maximum Gasteiger partial charge on any atom is 0.150 e. The maximum absolute atomic E-state index is 14.0. The standard InChI is InChI=1S/C13H10ClFN4S/c14-9-3-11(20-6-9)5-17-10-1-2-13(12(15)4-10)19-8-16-7-18-19/h1-4,6-8,17H,5H2. The van der Waals surface area contributed by atoms with Crippen molar-refractivity contribution >= 4 is 28.6 Å². The van der Waals surface area contributed by atoms with Crippen molar-refractivity contribution in [2.45, 2.75) is 6.54 Å². The summed E-state index contributed by atoms with van der Waals surface area (Å²) >= 11 is 7.42. The van der Waals surface area contributed by atoms with Crippen molar-refractivity contribution in [2.24, 2.45) is 0 Å². The fraction of sp³-hybridized carbons (Fsp3) is 0.0769. The van der Waals surface area contributed by atoms with Gasteiger partial charge >= 0.3 is 0 Å². The van der Waals surface area contributed by atoms with Gasteiger partial charge in [-0.3, -0.25) is 0 Å². The summed E-state index contributed by atoms with van der Waals surface area (Å²) in [5.74, 6) is -0.357. The summed E-state index contributed by atoms with van der Waals surface area (Å²) in [6, 6.07) is 6.79. The van der Waals surface area contributed by atoms with Gasteiger partial charge in [-0.1, -0.05) is 11.6 Å². The van der Waals surface area contributed by atoms with Gasteiger partial charge in [0.05, 0.1) is 5.02 Å². The van der Waals surface area contributed by atoms with Crippen molar-refractivity contribution in [3.8, 4) is 5.69 Å². The molecule has 0 bridgehead atoms. The van der Waals surface area contributed by atoms with Crippen LogP contribution in [-0.4, -0.2) is 14.8 Å². The molecule has 2 heterocycles. The van der Waals surface area contributed by atoms with E-state index in [4.69, 9.17) is 11.6 Å². The zero-order valence-corrected chi connectivity index (χ0v) is 11.8. The predicted molar refractivity (Wildman–Crippen MR) is 78.0 cm³/mol. The van der Waals surface area contributed by atoms with Gasteiger partial charge in [0, 0.05) is 22.5 Å². The first-order valence-corrected chi connectivity index (χ1v) is 7.09. The van der Waals surface area contributed by atoms with Gasteiger partial charge in [-0.15, -0.1) is 11.3 Å². The first kappa shape index (κ1) is 13.1. The SMILES string of the molecule is Fc1cc(NCc2cc(Cl)cs2)ccc1-n1cncn1. The van der Waals surface area contributed by atoms with Crippen molar-refractivity contribution in [1.82, 2.24) is 14.8 Å². The molecule has 0 atom stereocenters. The average molecular weight is 309 g/mol. The molecule has 1 N–H and O–H groups in total. The maximum atomic E-state index is 14.0. The number of benzene rings is 1. The monoisotopic (exact) mass is 308 g/mol. The lowest BCUT2D eigenvalue weighted by Gasteiger charge is -2.07. The lowest BCUT2D eigenvalue weighted by Crippen LogP contribution is -2.01. The van der Waals surface area contributed by atoms with Crippen molar-refractivity contribution in [3.05, 3.63) is 58.0 Å². The minimum atomic E-state index is -0.357. The number of hydrogen-bond acceptors (Lipinski definition) is 4. The first-order chi connectivity index (χ1) is 9.72. The topological polar surface area (TPSA) is 42.7 Å². The second-order valence-electron chi connectivity index (χ2n) is 4.09. The molecule has 0 fully saturated rings. The minimum Gasteiger partial charge on any atom is -0.380 e. The molecule has 20 heavy (non-hydrogen) atoms. The van der Waals surface area contributed by atoms with E-state index in [1.54, 1.807) is 23.5 Å². The highest BCUT2D eigenvalue weighted by molar-refractivity contribution is 7.10. The average Bonchev–Trinajstić information content (AvgIpc) is 3.08. The van der Waals surface area contributed by atoms with Crippen molar-refractivity contribution in [1.29, 1.82) is 0 Å². The summed E-state index contributed by atoms with van der Waals surface area (Å²) in [5, 5.41) is 9.65. The van der Waals surface area contributed by atoms with Crippen LogP contribution in [0.4, 0.5) is 10.1 Å². The minimum absolute atomic E-state index is 0.357. The lowest BCUT2D eigenvalue weighted by molar-refractivity contribution is 0.611. The normalized spacial score (nSPS) is 10.7. The Kier molecular flexibility index (Phi) is 3.66. The van der Waals surface area contributed by atoms with Crippen LogP contribution in [0.2, 0.25) is 5.02 Å². The number of hydrogen-bond donors (Lipinski definition) is 1. The van der Waals surface area contributed by atoms with Crippen molar-refractivity contribution in [3.63, 3.8) is 0 Å². The second kappa shape index (κ2) is 5.60. The molecular formula is C13H10ClFN4S. The molecule has 0 radical (unpaired) electrons. The summed E-state index contributed by atoms with van der Waals surface area (Å²) in [5.41, 5.74) is 1.07. The van der Waals surface area contributed by atoms with Gasteiger partial charge in [-0.05, 0) is 24.3 Å². The Morgan fingerprint density at radius 2 is 2.25 bits per heavy atom. The number of aromatic nitrogens is 3. The van der Waals surface area contributed by atoms with Gasteiger partial charge in [0.1, 0.15) is 18.3 Å². The number of rotatable bonds is 4. The third-order valence-electron chi connectivity index (χ3n) is 2.70. The number of nitrogens with zero attached hydrogens (tertiary/aromatic N) is 3. The molecule has 0 aliphatic heterocycles. The van der Waals surface area contributed by atoms with Crippen LogP contribution in [0.25, 0.3) is 5.69 Å². The number of nitrogens with one attached hydrogen (secondary N) is 1. The fourth-order valence-electron chi connectivity index (χ4n) is 1.77. The summed E-state index contributed by atoms with van der Waals surface area (Å²) < 4.78 is 15.4. The van der Waals surface area contributed by atoms with Crippen molar-refractivity contribution in [2.75, 3.05) is 5.32 Å². The van der Waals surface area contributed by atoms with Crippen LogP contribution < -0.4 is 5.32 Å². The third-order valence-corrected chi connectivity index (χ3v) is 3.99. The third kappa shape index (κ3) is 2.81. The highest BCUT2D eigenvalue weighted by Gasteiger charge is 2.06. The molecule has 0 saturated carbocycles.